The molecule has 2 N–H and O–H groups in total. The summed E-state index contributed by atoms with van der Waals surface area (Å²) in [6.07, 6.45) is 0. The Balaban J connectivity index is 3.05. The van der Waals surface area contributed by atoms with Crippen molar-refractivity contribution in [2.24, 2.45) is 0 Å². The van der Waals surface area contributed by atoms with Crippen molar-refractivity contribution in [1.82, 2.24) is 10.0 Å². The van der Waals surface area contributed by atoms with Crippen LogP contribution in [0.4, 0.5) is 4.39 Å². The van der Waals surface area contributed by atoms with Crippen LogP contribution in [0.15, 0.2) is 23.1 Å². The molecule has 0 aliphatic rings. The number of likely N-dealkylation sites (N-methyl/N-ethyl adjacent to an activating group) is 1. The molecule has 0 amide bonds. The number of sulfonamides is 1. The molecular weight excluding hydrogens is 299 g/mol. The molecule has 0 radical (unpaired) electrons. The fourth-order valence-corrected chi connectivity index (χ4v) is 3.04. The van der Waals surface area contributed by atoms with E-state index in [9.17, 15) is 17.6 Å². The number of nitrogens with one attached hydrogen (secondary N) is 2. The highest BCUT2D eigenvalue weighted by Crippen LogP contribution is 2.18. The molecule has 0 saturated carbocycles. The maximum atomic E-state index is 13.2. The van der Waals surface area contributed by atoms with Gasteiger partial charge in [0.05, 0.1) is 17.6 Å². The molecule has 118 valence electrons. The largest absolute Gasteiger partial charge is 0.465 e. The summed E-state index contributed by atoms with van der Waals surface area (Å²) in [7, 11) is -2.83. The second-order valence-electron chi connectivity index (χ2n) is 4.44. The van der Waals surface area contributed by atoms with Gasteiger partial charge in [0, 0.05) is 12.6 Å². The number of halogens is 1. The van der Waals surface area contributed by atoms with E-state index in [4.69, 9.17) is 0 Å². The van der Waals surface area contributed by atoms with Gasteiger partial charge in [-0.1, -0.05) is 6.92 Å². The number of hydrogen-bond acceptors (Lipinski definition) is 5. The van der Waals surface area contributed by atoms with Gasteiger partial charge in [0.15, 0.2) is 0 Å². The molecule has 0 fully saturated rings. The standard InChI is InChI=1S/C13H19FN2O4S/c1-4-15-9(2)8-16-21(18,19)12-6-5-10(14)7-11(12)13(17)20-3/h5-7,9,15-16H,4,8H2,1-3H3/t9-/m1/s1. The zero-order valence-electron chi connectivity index (χ0n) is 12.1. The van der Waals surface area contributed by atoms with Gasteiger partial charge in [0.2, 0.25) is 10.0 Å². The summed E-state index contributed by atoms with van der Waals surface area (Å²) in [6, 6.07) is 2.79. The van der Waals surface area contributed by atoms with E-state index in [-0.39, 0.29) is 23.0 Å². The normalized spacial score (nSPS) is 13.0. The van der Waals surface area contributed by atoms with E-state index in [1.165, 1.54) is 0 Å². The van der Waals surface area contributed by atoms with Gasteiger partial charge in [-0.2, -0.15) is 0 Å². The van der Waals surface area contributed by atoms with Crippen molar-refractivity contribution >= 4 is 16.0 Å². The monoisotopic (exact) mass is 318 g/mol. The van der Waals surface area contributed by atoms with E-state index in [1.807, 2.05) is 13.8 Å². The van der Waals surface area contributed by atoms with E-state index in [1.54, 1.807) is 0 Å². The highest BCUT2D eigenvalue weighted by atomic mass is 32.2. The summed E-state index contributed by atoms with van der Waals surface area (Å²) < 4.78 is 44.5. The number of carbonyl (C=O) groups is 1. The average molecular weight is 318 g/mol. The number of carbonyl (C=O) groups excluding carboxylic acids is 1. The molecular formula is C13H19FN2O4S. The molecule has 0 unspecified atom stereocenters. The zero-order valence-corrected chi connectivity index (χ0v) is 13.0. The van der Waals surface area contributed by atoms with E-state index in [2.05, 4.69) is 14.8 Å². The second kappa shape index (κ2) is 7.48. The number of methoxy groups -OCH3 is 1. The van der Waals surface area contributed by atoms with Crippen LogP contribution in [0.5, 0.6) is 0 Å². The predicted octanol–water partition coefficient (Wildman–Crippen LogP) is 0.889. The van der Waals surface area contributed by atoms with Crippen LogP contribution < -0.4 is 10.0 Å². The van der Waals surface area contributed by atoms with Gasteiger partial charge in [0.1, 0.15) is 5.82 Å². The molecule has 0 aliphatic heterocycles. The molecule has 0 aliphatic carbocycles. The van der Waals surface area contributed by atoms with Crippen molar-refractivity contribution in [2.75, 3.05) is 20.2 Å². The maximum absolute atomic E-state index is 13.2. The van der Waals surface area contributed by atoms with Crippen molar-refractivity contribution in [1.29, 1.82) is 0 Å². The Bertz CT molecular complexity index is 604. The summed E-state index contributed by atoms with van der Waals surface area (Å²) in [6.45, 7) is 4.57. The number of rotatable bonds is 7. The minimum absolute atomic E-state index is 0.0770. The van der Waals surface area contributed by atoms with Crippen molar-refractivity contribution < 1.29 is 22.3 Å². The van der Waals surface area contributed by atoms with E-state index < -0.39 is 21.8 Å². The Labute approximate surface area is 123 Å². The number of benzene rings is 1. The first-order valence-electron chi connectivity index (χ1n) is 6.42. The van der Waals surface area contributed by atoms with Gasteiger partial charge in [-0.15, -0.1) is 0 Å². The third-order valence-corrected chi connectivity index (χ3v) is 4.25. The maximum Gasteiger partial charge on any atom is 0.339 e. The lowest BCUT2D eigenvalue weighted by molar-refractivity contribution is 0.0595. The molecule has 0 saturated heterocycles. The Morgan fingerprint density at radius 2 is 2.10 bits per heavy atom. The smallest absolute Gasteiger partial charge is 0.339 e. The molecule has 0 aromatic heterocycles. The van der Waals surface area contributed by atoms with E-state index >= 15 is 0 Å². The van der Waals surface area contributed by atoms with Crippen LogP contribution >= 0.6 is 0 Å². The van der Waals surface area contributed by atoms with Crippen molar-refractivity contribution in [3.8, 4) is 0 Å². The van der Waals surface area contributed by atoms with Crippen molar-refractivity contribution in [3.63, 3.8) is 0 Å². The SMILES string of the molecule is CCN[C@H](C)CNS(=O)(=O)c1ccc(F)cc1C(=O)OC. The summed E-state index contributed by atoms with van der Waals surface area (Å²) in [4.78, 5) is 11.3. The van der Waals surface area contributed by atoms with Crippen LogP contribution in [0.25, 0.3) is 0 Å². The highest BCUT2D eigenvalue weighted by Gasteiger charge is 2.23. The van der Waals surface area contributed by atoms with Crippen LogP contribution in [-0.4, -0.2) is 40.6 Å². The summed E-state index contributed by atoms with van der Waals surface area (Å²) in [5.74, 6) is -1.62. The van der Waals surface area contributed by atoms with Crippen molar-refractivity contribution in [3.05, 3.63) is 29.6 Å². The Kier molecular flexibility index (Phi) is 6.25. The lowest BCUT2D eigenvalue weighted by Gasteiger charge is -2.15. The molecule has 0 bridgehead atoms. The van der Waals surface area contributed by atoms with Gasteiger partial charge in [-0.05, 0) is 31.7 Å². The quantitative estimate of drug-likeness (QED) is 0.729. The fraction of sp³-hybridized carbons (Fsp3) is 0.462. The van der Waals surface area contributed by atoms with Gasteiger partial charge < -0.3 is 10.1 Å². The first-order valence-corrected chi connectivity index (χ1v) is 7.91. The van der Waals surface area contributed by atoms with Crippen molar-refractivity contribution in [2.45, 2.75) is 24.8 Å². The van der Waals surface area contributed by atoms with Gasteiger partial charge >= 0.3 is 5.97 Å². The zero-order chi connectivity index (χ0) is 16.0. The van der Waals surface area contributed by atoms with Crippen LogP contribution in [0.2, 0.25) is 0 Å². The molecule has 1 aromatic carbocycles. The predicted molar refractivity (Wildman–Crippen MR) is 76.1 cm³/mol. The van der Waals surface area contributed by atoms with Gasteiger partial charge in [-0.25, -0.2) is 22.3 Å². The molecule has 8 heteroatoms. The third-order valence-electron chi connectivity index (χ3n) is 2.77. The molecule has 0 spiro atoms. The summed E-state index contributed by atoms with van der Waals surface area (Å²) in [5, 5.41) is 3.05. The molecule has 1 rings (SSSR count). The van der Waals surface area contributed by atoms with Gasteiger partial charge in [-0.3, -0.25) is 0 Å². The van der Waals surface area contributed by atoms with Crippen LogP contribution in [0.3, 0.4) is 0 Å². The van der Waals surface area contributed by atoms with Gasteiger partial charge in [0.25, 0.3) is 0 Å². The Morgan fingerprint density at radius 3 is 2.67 bits per heavy atom. The molecule has 1 atom stereocenters. The minimum Gasteiger partial charge on any atom is -0.465 e. The number of hydrogen-bond donors (Lipinski definition) is 2. The lowest BCUT2D eigenvalue weighted by Crippen LogP contribution is -2.39. The third kappa shape index (κ3) is 4.76. The van der Waals surface area contributed by atoms with E-state index in [0.717, 1.165) is 25.3 Å². The molecule has 0 heterocycles. The highest BCUT2D eigenvalue weighted by molar-refractivity contribution is 7.89. The topological polar surface area (TPSA) is 84.5 Å². The molecule has 21 heavy (non-hydrogen) atoms. The summed E-state index contributed by atoms with van der Waals surface area (Å²) in [5.41, 5.74) is -0.332. The first kappa shape index (κ1) is 17.5. The first-order chi connectivity index (χ1) is 9.81. The number of esters is 1. The Hall–Kier alpha value is -1.51. The van der Waals surface area contributed by atoms with Crippen LogP contribution in [0, 0.1) is 5.82 Å². The summed E-state index contributed by atoms with van der Waals surface area (Å²) >= 11 is 0. The van der Waals surface area contributed by atoms with E-state index in [0.29, 0.717) is 6.54 Å². The van der Waals surface area contributed by atoms with Crippen LogP contribution in [-0.2, 0) is 14.8 Å². The lowest BCUT2D eigenvalue weighted by atomic mass is 10.2. The minimum atomic E-state index is -3.93. The van der Waals surface area contributed by atoms with Crippen LogP contribution in [0.1, 0.15) is 24.2 Å². The Morgan fingerprint density at radius 1 is 1.43 bits per heavy atom. The fourth-order valence-electron chi connectivity index (χ4n) is 1.74. The number of ether oxygens (including phenoxy) is 1. The molecule has 6 nitrogen and oxygen atoms in total. The second-order valence-corrected chi connectivity index (χ2v) is 6.18. The average Bonchev–Trinajstić information content (AvgIpc) is 2.44. The molecule has 1 aromatic rings.